The van der Waals surface area contributed by atoms with E-state index < -0.39 is 5.97 Å². The van der Waals surface area contributed by atoms with Crippen molar-refractivity contribution in [3.63, 3.8) is 0 Å². The average molecular weight is 208 g/mol. The van der Waals surface area contributed by atoms with E-state index in [-0.39, 0.29) is 12.2 Å². The Labute approximate surface area is 88.1 Å². The van der Waals surface area contributed by atoms with E-state index in [0.29, 0.717) is 12.8 Å². The van der Waals surface area contributed by atoms with Crippen LogP contribution in [0.3, 0.4) is 0 Å². The second kappa shape index (κ2) is 5.29. The van der Waals surface area contributed by atoms with Crippen LogP contribution in [0.2, 0.25) is 0 Å². The van der Waals surface area contributed by atoms with Gasteiger partial charge in [-0.1, -0.05) is 18.7 Å². The Kier molecular flexibility index (Phi) is 4.03. The molecular weight excluding hydrogens is 195 g/mol. The van der Waals surface area contributed by atoms with Gasteiger partial charge < -0.3 is 5.11 Å². The minimum Gasteiger partial charge on any atom is -0.481 e. The maximum atomic E-state index is 12.6. The number of halogens is 1. The zero-order chi connectivity index (χ0) is 11.3. The Bertz CT molecular complexity index is 354. The lowest BCUT2D eigenvalue weighted by molar-refractivity contribution is -0.137. The molecule has 1 aromatic rings. The summed E-state index contributed by atoms with van der Waals surface area (Å²) in [6, 6.07) is 6.05. The summed E-state index contributed by atoms with van der Waals surface area (Å²) in [6.07, 6.45) is 1.32. The third-order valence-electron chi connectivity index (χ3n) is 2.12. The Morgan fingerprint density at radius 2 is 1.87 bits per heavy atom. The van der Waals surface area contributed by atoms with Crippen LogP contribution in [0.4, 0.5) is 4.39 Å². The molecule has 1 aromatic carbocycles. The molecule has 1 rings (SSSR count). The van der Waals surface area contributed by atoms with Gasteiger partial charge in [0.2, 0.25) is 0 Å². The van der Waals surface area contributed by atoms with Crippen LogP contribution in [0.5, 0.6) is 0 Å². The standard InChI is InChI=1S/C12H13FO2/c1-9(3-2-4-12(14)15)10-5-7-11(13)8-6-10/h5-8H,1-4H2,(H,14,15). The van der Waals surface area contributed by atoms with Gasteiger partial charge in [-0.15, -0.1) is 0 Å². The van der Waals surface area contributed by atoms with E-state index in [1.165, 1.54) is 12.1 Å². The van der Waals surface area contributed by atoms with Crippen molar-refractivity contribution in [2.45, 2.75) is 19.3 Å². The SMILES string of the molecule is C=C(CCCC(=O)O)c1ccc(F)cc1. The highest BCUT2D eigenvalue weighted by Crippen LogP contribution is 2.18. The number of aliphatic carboxylic acids is 1. The van der Waals surface area contributed by atoms with Crippen molar-refractivity contribution in [1.82, 2.24) is 0 Å². The summed E-state index contributed by atoms with van der Waals surface area (Å²) in [5, 5.41) is 8.45. The summed E-state index contributed by atoms with van der Waals surface area (Å²) in [5.74, 6) is -1.08. The molecule has 0 unspecified atom stereocenters. The fourth-order valence-corrected chi connectivity index (χ4v) is 1.28. The first-order valence-electron chi connectivity index (χ1n) is 4.75. The lowest BCUT2D eigenvalue weighted by Crippen LogP contribution is -1.94. The van der Waals surface area contributed by atoms with Crippen molar-refractivity contribution in [1.29, 1.82) is 0 Å². The van der Waals surface area contributed by atoms with Crippen molar-refractivity contribution in [2.24, 2.45) is 0 Å². The largest absolute Gasteiger partial charge is 0.481 e. The molecule has 0 aliphatic rings. The topological polar surface area (TPSA) is 37.3 Å². The summed E-state index contributed by atoms with van der Waals surface area (Å²) in [7, 11) is 0. The molecule has 3 heteroatoms. The van der Waals surface area contributed by atoms with Crippen LogP contribution >= 0.6 is 0 Å². The van der Waals surface area contributed by atoms with Gasteiger partial charge in [-0.2, -0.15) is 0 Å². The Balaban J connectivity index is 2.47. The fourth-order valence-electron chi connectivity index (χ4n) is 1.28. The number of rotatable bonds is 5. The van der Waals surface area contributed by atoms with Crippen molar-refractivity contribution < 1.29 is 14.3 Å². The number of hydrogen-bond donors (Lipinski definition) is 1. The molecule has 0 fully saturated rings. The summed E-state index contributed by atoms with van der Waals surface area (Å²) in [5.41, 5.74) is 1.71. The summed E-state index contributed by atoms with van der Waals surface area (Å²) in [4.78, 5) is 10.3. The molecule has 0 heterocycles. The van der Waals surface area contributed by atoms with Gasteiger partial charge in [0, 0.05) is 6.42 Å². The minimum absolute atomic E-state index is 0.139. The number of allylic oxidation sites excluding steroid dienone is 1. The molecule has 0 atom stereocenters. The van der Waals surface area contributed by atoms with E-state index in [1.54, 1.807) is 12.1 Å². The molecule has 0 amide bonds. The lowest BCUT2D eigenvalue weighted by Gasteiger charge is -2.04. The third-order valence-corrected chi connectivity index (χ3v) is 2.12. The number of carbonyl (C=O) groups is 1. The van der Waals surface area contributed by atoms with Crippen LogP contribution in [-0.4, -0.2) is 11.1 Å². The molecule has 0 saturated heterocycles. The van der Waals surface area contributed by atoms with E-state index in [2.05, 4.69) is 6.58 Å². The van der Waals surface area contributed by atoms with Crippen LogP contribution in [0, 0.1) is 5.82 Å². The Morgan fingerprint density at radius 1 is 1.27 bits per heavy atom. The summed E-state index contributed by atoms with van der Waals surface area (Å²) in [6.45, 7) is 3.84. The van der Waals surface area contributed by atoms with Gasteiger partial charge >= 0.3 is 5.97 Å². The molecule has 15 heavy (non-hydrogen) atoms. The summed E-state index contributed by atoms with van der Waals surface area (Å²) >= 11 is 0. The Hall–Kier alpha value is -1.64. The van der Waals surface area contributed by atoms with Crippen molar-refractivity contribution in [3.05, 3.63) is 42.2 Å². The van der Waals surface area contributed by atoms with E-state index in [1.807, 2.05) is 0 Å². The van der Waals surface area contributed by atoms with Crippen molar-refractivity contribution in [3.8, 4) is 0 Å². The van der Waals surface area contributed by atoms with Gasteiger partial charge in [-0.25, -0.2) is 4.39 Å². The Morgan fingerprint density at radius 3 is 2.40 bits per heavy atom. The van der Waals surface area contributed by atoms with Crippen LogP contribution in [0.15, 0.2) is 30.8 Å². The highest BCUT2D eigenvalue weighted by atomic mass is 19.1. The molecule has 0 bridgehead atoms. The number of carboxylic acids is 1. The van der Waals surface area contributed by atoms with Gasteiger partial charge in [0.05, 0.1) is 0 Å². The first-order valence-corrected chi connectivity index (χ1v) is 4.75. The third kappa shape index (κ3) is 3.94. The number of hydrogen-bond acceptors (Lipinski definition) is 1. The van der Waals surface area contributed by atoms with Gasteiger partial charge in [-0.3, -0.25) is 4.79 Å². The second-order valence-electron chi connectivity index (χ2n) is 3.36. The molecule has 0 aromatic heterocycles. The molecule has 0 aliphatic heterocycles. The van der Waals surface area contributed by atoms with Gasteiger partial charge in [-0.05, 0) is 36.1 Å². The predicted molar refractivity (Wildman–Crippen MR) is 56.9 cm³/mol. The second-order valence-corrected chi connectivity index (χ2v) is 3.36. The zero-order valence-electron chi connectivity index (χ0n) is 8.37. The average Bonchev–Trinajstić information content (AvgIpc) is 2.18. The van der Waals surface area contributed by atoms with Crippen LogP contribution < -0.4 is 0 Å². The maximum absolute atomic E-state index is 12.6. The van der Waals surface area contributed by atoms with E-state index in [9.17, 15) is 9.18 Å². The molecule has 2 nitrogen and oxygen atoms in total. The van der Waals surface area contributed by atoms with Crippen LogP contribution in [0.1, 0.15) is 24.8 Å². The molecule has 0 spiro atoms. The van der Waals surface area contributed by atoms with Gasteiger partial charge in [0.1, 0.15) is 5.82 Å². The smallest absolute Gasteiger partial charge is 0.303 e. The predicted octanol–water partition coefficient (Wildman–Crippen LogP) is 3.09. The fraction of sp³-hybridized carbons (Fsp3) is 0.250. The van der Waals surface area contributed by atoms with Crippen molar-refractivity contribution >= 4 is 11.5 Å². The quantitative estimate of drug-likeness (QED) is 0.807. The van der Waals surface area contributed by atoms with E-state index in [0.717, 1.165) is 11.1 Å². The first kappa shape index (κ1) is 11.4. The van der Waals surface area contributed by atoms with E-state index in [4.69, 9.17) is 5.11 Å². The van der Waals surface area contributed by atoms with Crippen LogP contribution in [-0.2, 0) is 4.79 Å². The molecule has 0 saturated carbocycles. The molecule has 0 aliphatic carbocycles. The van der Waals surface area contributed by atoms with Crippen molar-refractivity contribution in [2.75, 3.05) is 0 Å². The monoisotopic (exact) mass is 208 g/mol. The molecular formula is C12H13FO2. The highest BCUT2D eigenvalue weighted by molar-refractivity contribution is 5.68. The van der Waals surface area contributed by atoms with E-state index >= 15 is 0 Å². The normalized spacial score (nSPS) is 9.93. The van der Waals surface area contributed by atoms with Gasteiger partial charge in [0.15, 0.2) is 0 Å². The molecule has 0 radical (unpaired) electrons. The number of carboxylic acid groups (broad SMARTS) is 1. The van der Waals surface area contributed by atoms with Crippen LogP contribution in [0.25, 0.3) is 5.57 Å². The molecule has 1 N–H and O–H groups in total. The molecule has 80 valence electrons. The lowest BCUT2D eigenvalue weighted by atomic mass is 10.0. The first-order chi connectivity index (χ1) is 7.09. The summed E-state index contributed by atoms with van der Waals surface area (Å²) < 4.78 is 12.6. The highest BCUT2D eigenvalue weighted by Gasteiger charge is 2.01. The zero-order valence-corrected chi connectivity index (χ0v) is 8.37. The maximum Gasteiger partial charge on any atom is 0.303 e. The number of benzene rings is 1. The minimum atomic E-state index is -0.804. The van der Waals surface area contributed by atoms with Gasteiger partial charge in [0.25, 0.3) is 0 Å².